The van der Waals surface area contributed by atoms with Crippen LogP contribution in [-0.4, -0.2) is 0 Å². The lowest BCUT2D eigenvalue weighted by atomic mass is 10.0. The van der Waals surface area contributed by atoms with Gasteiger partial charge in [-0.15, -0.1) is 0 Å². The Hall–Kier alpha value is -1.04. The molecule has 0 spiro atoms. The maximum Gasteiger partial charge on any atom is -0.00578 e. The highest BCUT2D eigenvalue weighted by molar-refractivity contribution is 5.64. The number of aryl methyl sites for hydroxylation is 1. The average molecular weight is 172 g/mol. The van der Waals surface area contributed by atoms with E-state index < -0.39 is 0 Å². The Morgan fingerprint density at radius 2 is 2.00 bits per heavy atom. The molecule has 0 aromatic heterocycles. The summed E-state index contributed by atoms with van der Waals surface area (Å²) in [5.74, 6) is 0. The molecule has 0 atom stereocenters. The monoisotopic (exact) mass is 172 g/mol. The van der Waals surface area contributed by atoms with Crippen LogP contribution in [0.25, 0.3) is 6.08 Å². The van der Waals surface area contributed by atoms with Crippen LogP contribution in [0.15, 0.2) is 23.8 Å². The highest BCUT2D eigenvalue weighted by atomic mass is 14.2. The van der Waals surface area contributed by atoms with E-state index >= 15 is 0 Å². The van der Waals surface area contributed by atoms with Crippen molar-refractivity contribution in [2.24, 2.45) is 0 Å². The van der Waals surface area contributed by atoms with E-state index in [4.69, 9.17) is 0 Å². The zero-order chi connectivity index (χ0) is 9.26. The molecule has 2 rings (SSSR count). The fraction of sp³-hybridized carbons (Fsp3) is 0.385. The molecular formula is C13H16. The van der Waals surface area contributed by atoms with Crippen molar-refractivity contribution in [3.8, 4) is 0 Å². The van der Waals surface area contributed by atoms with Crippen LogP contribution in [0.1, 0.15) is 37.0 Å². The van der Waals surface area contributed by atoms with Gasteiger partial charge in [-0.25, -0.2) is 0 Å². The maximum absolute atomic E-state index is 2.36. The van der Waals surface area contributed by atoms with Gasteiger partial charge in [-0.1, -0.05) is 43.7 Å². The van der Waals surface area contributed by atoms with Gasteiger partial charge in [0.15, 0.2) is 0 Å². The SMILES string of the molecule is CCC1=Cc2ccc(CC)cc2C1. The summed E-state index contributed by atoms with van der Waals surface area (Å²) in [4.78, 5) is 0. The third kappa shape index (κ3) is 1.53. The Labute approximate surface area is 80.3 Å². The summed E-state index contributed by atoms with van der Waals surface area (Å²) in [5.41, 5.74) is 6.00. The van der Waals surface area contributed by atoms with E-state index in [9.17, 15) is 0 Å². The lowest BCUT2D eigenvalue weighted by Gasteiger charge is -2.01. The second-order valence-electron chi connectivity index (χ2n) is 3.72. The molecule has 0 radical (unpaired) electrons. The Morgan fingerprint density at radius 3 is 2.69 bits per heavy atom. The van der Waals surface area contributed by atoms with Crippen LogP contribution in [0.4, 0.5) is 0 Å². The molecule has 13 heavy (non-hydrogen) atoms. The maximum atomic E-state index is 2.36. The quantitative estimate of drug-likeness (QED) is 0.639. The van der Waals surface area contributed by atoms with E-state index in [1.54, 1.807) is 5.57 Å². The van der Waals surface area contributed by atoms with E-state index in [0.717, 1.165) is 6.42 Å². The first kappa shape index (κ1) is 8.55. The van der Waals surface area contributed by atoms with Gasteiger partial charge in [-0.05, 0) is 36.0 Å². The van der Waals surface area contributed by atoms with Crippen LogP contribution in [0.2, 0.25) is 0 Å². The number of allylic oxidation sites excluding steroid dienone is 1. The summed E-state index contributed by atoms with van der Waals surface area (Å²) in [7, 11) is 0. The lowest BCUT2D eigenvalue weighted by molar-refractivity contribution is 1.03. The van der Waals surface area contributed by atoms with Gasteiger partial charge in [-0.3, -0.25) is 0 Å². The minimum atomic E-state index is 1.15. The zero-order valence-corrected chi connectivity index (χ0v) is 8.43. The van der Waals surface area contributed by atoms with Gasteiger partial charge in [0.25, 0.3) is 0 Å². The average Bonchev–Trinajstić information content (AvgIpc) is 2.58. The van der Waals surface area contributed by atoms with Crippen molar-refractivity contribution in [3.63, 3.8) is 0 Å². The molecule has 0 bridgehead atoms. The van der Waals surface area contributed by atoms with Crippen molar-refractivity contribution in [1.82, 2.24) is 0 Å². The number of fused-ring (bicyclic) bond motifs is 1. The van der Waals surface area contributed by atoms with Gasteiger partial charge in [0, 0.05) is 0 Å². The molecule has 0 saturated carbocycles. The molecule has 0 heterocycles. The summed E-state index contributed by atoms with van der Waals surface area (Å²) in [6.07, 6.45) is 5.86. The largest absolute Gasteiger partial charge is 0.0655 e. The van der Waals surface area contributed by atoms with Crippen molar-refractivity contribution in [3.05, 3.63) is 40.5 Å². The van der Waals surface area contributed by atoms with Gasteiger partial charge in [-0.2, -0.15) is 0 Å². The van der Waals surface area contributed by atoms with Crippen LogP contribution in [-0.2, 0) is 12.8 Å². The van der Waals surface area contributed by atoms with Crippen molar-refractivity contribution < 1.29 is 0 Å². The molecule has 1 aromatic carbocycles. The first-order valence-corrected chi connectivity index (χ1v) is 5.14. The van der Waals surface area contributed by atoms with E-state index in [-0.39, 0.29) is 0 Å². The van der Waals surface area contributed by atoms with Gasteiger partial charge in [0.2, 0.25) is 0 Å². The fourth-order valence-electron chi connectivity index (χ4n) is 1.92. The van der Waals surface area contributed by atoms with Crippen LogP contribution in [0.3, 0.4) is 0 Å². The van der Waals surface area contributed by atoms with Crippen molar-refractivity contribution in [2.45, 2.75) is 33.1 Å². The van der Waals surface area contributed by atoms with E-state index in [0.29, 0.717) is 0 Å². The normalized spacial score (nSPS) is 14.2. The fourth-order valence-corrected chi connectivity index (χ4v) is 1.92. The summed E-state index contributed by atoms with van der Waals surface area (Å²) < 4.78 is 0. The Morgan fingerprint density at radius 1 is 1.15 bits per heavy atom. The predicted molar refractivity (Wildman–Crippen MR) is 57.8 cm³/mol. The minimum absolute atomic E-state index is 1.15. The summed E-state index contributed by atoms with van der Waals surface area (Å²) in [6.45, 7) is 4.45. The lowest BCUT2D eigenvalue weighted by Crippen LogP contribution is -1.87. The molecular weight excluding hydrogens is 156 g/mol. The minimum Gasteiger partial charge on any atom is -0.0655 e. The highest BCUT2D eigenvalue weighted by Gasteiger charge is 2.10. The van der Waals surface area contributed by atoms with Gasteiger partial charge in [0.1, 0.15) is 0 Å². The second-order valence-corrected chi connectivity index (χ2v) is 3.72. The Balaban J connectivity index is 2.33. The second kappa shape index (κ2) is 3.37. The van der Waals surface area contributed by atoms with Crippen LogP contribution < -0.4 is 0 Å². The van der Waals surface area contributed by atoms with E-state index in [1.165, 1.54) is 29.5 Å². The molecule has 68 valence electrons. The molecule has 1 aliphatic carbocycles. The van der Waals surface area contributed by atoms with Crippen LogP contribution in [0, 0.1) is 0 Å². The van der Waals surface area contributed by atoms with Crippen molar-refractivity contribution in [2.75, 3.05) is 0 Å². The first-order valence-electron chi connectivity index (χ1n) is 5.14. The summed E-state index contributed by atoms with van der Waals surface area (Å²) >= 11 is 0. The standard InChI is InChI=1S/C13H16/c1-3-10-5-6-12-8-11(4-2)9-13(12)7-10/h5-8H,3-4,9H2,1-2H3. The molecule has 1 aliphatic rings. The topological polar surface area (TPSA) is 0 Å². The number of hydrogen-bond donors (Lipinski definition) is 0. The predicted octanol–water partition coefficient (Wildman–Crippen LogP) is 3.60. The molecule has 0 nitrogen and oxygen atoms in total. The van der Waals surface area contributed by atoms with Gasteiger partial charge >= 0.3 is 0 Å². The number of hydrogen-bond acceptors (Lipinski definition) is 0. The number of rotatable bonds is 2. The molecule has 0 unspecified atom stereocenters. The highest BCUT2D eigenvalue weighted by Crippen LogP contribution is 2.27. The van der Waals surface area contributed by atoms with E-state index in [2.05, 4.69) is 38.1 Å². The first-order chi connectivity index (χ1) is 6.33. The molecule has 0 aliphatic heterocycles. The zero-order valence-electron chi connectivity index (χ0n) is 8.43. The smallest absolute Gasteiger partial charge is 0.00578 e. The third-order valence-electron chi connectivity index (χ3n) is 2.85. The van der Waals surface area contributed by atoms with Gasteiger partial charge in [0.05, 0.1) is 0 Å². The molecule has 0 heteroatoms. The Bertz CT molecular complexity index is 345. The Kier molecular flexibility index (Phi) is 2.22. The third-order valence-corrected chi connectivity index (χ3v) is 2.85. The molecule has 0 amide bonds. The molecule has 0 fully saturated rings. The van der Waals surface area contributed by atoms with Crippen LogP contribution in [0.5, 0.6) is 0 Å². The molecule has 0 N–H and O–H groups in total. The number of benzene rings is 1. The van der Waals surface area contributed by atoms with Crippen molar-refractivity contribution >= 4 is 6.08 Å². The molecule has 0 saturated heterocycles. The van der Waals surface area contributed by atoms with Gasteiger partial charge < -0.3 is 0 Å². The van der Waals surface area contributed by atoms with E-state index in [1.807, 2.05) is 0 Å². The summed E-state index contributed by atoms with van der Waals surface area (Å²) in [6, 6.07) is 6.86. The van der Waals surface area contributed by atoms with Crippen molar-refractivity contribution in [1.29, 1.82) is 0 Å². The van der Waals surface area contributed by atoms with Crippen LogP contribution >= 0.6 is 0 Å². The summed E-state index contributed by atoms with van der Waals surface area (Å²) in [5, 5.41) is 0. The molecule has 1 aromatic rings.